The van der Waals surface area contributed by atoms with E-state index in [4.69, 9.17) is 5.84 Å². The molecule has 1 amide bonds. The van der Waals surface area contributed by atoms with Gasteiger partial charge in [-0.15, -0.1) is 0 Å². The second-order valence-electron chi connectivity index (χ2n) is 5.09. The van der Waals surface area contributed by atoms with Crippen LogP contribution in [0, 0.1) is 6.92 Å². The van der Waals surface area contributed by atoms with Crippen LogP contribution in [0.1, 0.15) is 28.8 Å². The topological polar surface area (TPSA) is 101 Å². The minimum Gasteiger partial charge on any atom is -0.349 e. The highest BCUT2D eigenvalue weighted by Gasteiger charge is 2.25. The molecule has 4 N–H and O–H groups in total. The van der Waals surface area contributed by atoms with E-state index < -0.39 is 9.84 Å². The lowest BCUT2D eigenvalue weighted by atomic mass is 10.1. The second kappa shape index (κ2) is 5.80. The van der Waals surface area contributed by atoms with Crippen LogP contribution in [0.25, 0.3) is 0 Å². The Balaban J connectivity index is 2.06. The summed E-state index contributed by atoms with van der Waals surface area (Å²) in [6, 6.07) is 5.23. The number of nitrogens with one attached hydrogen (secondary N) is 2. The number of hydrogen-bond acceptors (Lipinski definition) is 5. The van der Waals surface area contributed by atoms with E-state index in [-0.39, 0.29) is 23.5 Å². The van der Waals surface area contributed by atoms with E-state index in [0.717, 1.165) is 5.56 Å². The number of benzene rings is 1. The maximum Gasteiger partial charge on any atom is 0.253 e. The second-order valence-corrected chi connectivity index (χ2v) is 7.40. The Morgan fingerprint density at radius 3 is 2.55 bits per heavy atom. The lowest BCUT2D eigenvalue weighted by molar-refractivity contribution is 0.0935. The van der Waals surface area contributed by atoms with Crippen molar-refractivity contribution in [3.8, 4) is 0 Å². The third kappa shape index (κ3) is 3.49. The lowest BCUT2D eigenvalue weighted by Gasteiger charge is -2.23. The third-order valence-corrected chi connectivity index (χ3v) is 5.18. The molecule has 1 fully saturated rings. The van der Waals surface area contributed by atoms with Crippen molar-refractivity contribution in [2.45, 2.75) is 25.8 Å². The van der Waals surface area contributed by atoms with Crippen molar-refractivity contribution in [2.24, 2.45) is 5.84 Å². The van der Waals surface area contributed by atoms with Crippen LogP contribution in [0.3, 0.4) is 0 Å². The van der Waals surface area contributed by atoms with Crippen LogP contribution in [0.2, 0.25) is 0 Å². The molecule has 0 aromatic heterocycles. The highest BCUT2D eigenvalue weighted by Crippen LogP contribution is 2.18. The van der Waals surface area contributed by atoms with Gasteiger partial charge in [0.25, 0.3) is 5.91 Å². The smallest absolute Gasteiger partial charge is 0.253 e. The number of hydrazine groups is 1. The average Bonchev–Trinajstić information content (AvgIpc) is 2.40. The van der Waals surface area contributed by atoms with Gasteiger partial charge in [0, 0.05) is 6.04 Å². The van der Waals surface area contributed by atoms with E-state index in [9.17, 15) is 13.2 Å². The first kappa shape index (κ1) is 14.8. The third-order valence-electron chi connectivity index (χ3n) is 3.47. The minimum absolute atomic E-state index is 0.0991. The minimum atomic E-state index is -2.92. The number of hydrogen-bond donors (Lipinski definition) is 3. The molecular weight excluding hydrogens is 278 g/mol. The first-order valence-corrected chi connectivity index (χ1v) is 8.32. The van der Waals surface area contributed by atoms with E-state index in [2.05, 4.69) is 10.7 Å². The van der Waals surface area contributed by atoms with E-state index in [1.54, 1.807) is 12.1 Å². The number of anilines is 1. The highest BCUT2D eigenvalue weighted by molar-refractivity contribution is 7.91. The molecule has 1 aliphatic rings. The summed E-state index contributed by atoms with van der Waals surface area (Å²) >= 11 is 0. The van der Waals surface area contributed by atoms with Crippen LogP contribution in [0.15, 0.2) is 18.2 Å². The van der Waals surface area contributed by atoms with Crippen LogP contribution in [-0.4, -0.2) is 31.9 Å². The highest BCUT2D eigenvalue weighted by atomic mass is 32.2. The fourth-order valence-electron chi connectivity index (χ4n) is 2.27. The van der Waals surface area contributed by atoms with Crippen LogP contribution in [0.5, 0.6) is 0 Å². The molecule has 0 saturated carbocycles. The predicted octanol–water partition coefficient (Wildman–Crippen LogP) is 0.588. The van der Waals surface area contributed by atoms with Crippen molar-refractivity contribution in [1.29, 1.82) is 0 Å². The van der Waals surface area contributed by atoms with Crippen molar-refractivity contribution in [2.75, 3.05) is 16.9 Å². The molecule has 1 saturated heterocycles. The molecule has 7 heteroatoms. The van der Waals surface area contributed by atoms with Gasteiger partial charge < -0.3 is 10.7 Å². The Hall–Kier alpha value is -1.60. The summed E-state index contributed by atoms with van der Waals surface area (Å²) in [4.78, 5) is 12.2. The lowest BCUT2D eigenvalue weighted by Crippen LogP contribution is -2.41. The molecule has 1 aromatic carbocycles. The molecule has 0 aliphatic carbocycles. The zero-order chi connectivity index (χ0) is 14.8. The summed E-state index contributed by atoms with van der Waals surface area (Å²) in [6.45, 7) is 1.91. The molecule has 1 aliphatic heterocycles. The van der Waals surface area contributed by atoms with Crippen LogP contribution < -0.4 is 16.6 Å². The first-order chi connectivity index (χ1) is 9.41. The van der Waals surface area contributed by atoms with Crippen LogP contribution in [-0.2, 0) is 9.84 Å². The molecule has 1 aromatic rings. The molecule has 0 atom stereocenters. The molecule has 110 valence electrons. The van der Waals surface area contributed by atoms with Gasteiger partial charge in [0.1, 0.15) is 9.84 Å². The SMILES string of the molecule is Cc1ccc(C(=O)NC2CCS(=O)(=O)CC2)c(NN)c1. The Bertz CT molecular complexity index is 599. The summed E-state index contributed by atoms with van der Waals surface area (Å²) in [7, 11) is -2.92. The van der Waals surface area contributed by atoms with E-state index in [1.165, 1.54) is 0 Å². The quantitative estimate of drug-likeness (QED) is 0.560. The van der Waals surface area contributed by atoms with Crippen molar-refractivity contribution in [3.05, 3.63) is 29.3 Å². The molecule has 0 radical (unpaired) electrons. The Labute approximate surface area is 118 Å². The molecule has 0 spiro atoms. The predicted molar refractivity (Wildman–Crippen MR) is 78.1 cm³/mol. The largest absolute Gasteiger partial charge is 0.349 e. The Kier molecular flexibility index (Phi) is 4.29. The van der Waals surface area contributed by atoms with Gasteiger partial charge in [0.15, 0.2) is 0 Å². The number of aryl methyl sites for hydroxylation is 1. The molecule has 20 heavy (non-hydrogen) atoms. The maximum absolute atomic E-state index is 12.2. The van der Waals surface area contributed by atoms with Gasteiger partial charge >= 0.3 is 0 Å². The summed E-state index contributed by atoms with van der Waals surface area (Å²) in [5.74, 6) is 5.45. The van der Waals surface area contributed by atoms with E-state index >= 15 is 0 Å². The molecule has 2 rings (SSSR count). The summed E-state index contributed by atoms with van der Waals surface area (Å²) in [5.41, 5.74) is 4.53. The van der Waals surface area contributed by atoms with Crippen LogP contribution >= 0.6 is 0 Å². The Morgan fingerprint density at radius 1 is 1.30 bits per heavy atom. The number of nitrogens with two attached hydrogens (primary N) is 1. The fraction of sp³-hybridized carbons (Fsp3) is 0.462. The zero-order valence-electron chi connectivity index (χ0n) is 11.3. The van der Waals surface area contributed by atoms with E-state index in [0.29, 0.717) is 24.1 Å². The normalized spacial score (nSPS) is 18.5. The maximum atomic E-state index is 12.2. The summed E-state index contributed by atoms with van der Waals surface area (Å²) in [6.07, 6.45) is 0.927. The number of carbonyl (C=O) groups is 1. The monoisotopic (exact) mass is 297 g/mol. The summed E-state index contributed by atoms with van der Waals surface area (Å²) in [5, 5.41) is 2.87. The molecule has 0 unspecified atom stereocenters. The van der Waals surface area contributed by atoms with Gasteiger partial charge in [0.2, 0.25) is 0 Å². The van der Waals surface area contributed by atoms with Gasteiger partial charge in [-0.25, -0.2) is 8.42 Å². The zero-order valence-corrected chi connectivity index (χ0v) is 12.2. The molecule has 6 nitrogen and oxygen atoms in total. The van der Waals surface area contributed by atoms with Crippen molar-refractivity contribution in [1.82, 2.24) is 5.32 Å². The number of nitrogen functional groups attached to an aromatic ring is 1. The average molecular weight is 297 g/mol. The van der Waals surface area contributed by atoms with Gasteiger partial charge in [-0.2, -0.15) is 0 Å². The van der Waals surface area contributed by atoms with Crippen LogP contribution in [0.4, 0.5) is 5.69 Å². The van der Waals surface area contributed by atoms with E-state index in [1.807, 2.05) is 13.0 Å². The first-order valence-electron chi connectivity index (χ1n) is 6.50. The van der Waals surface area contributed by atoms with Gasteiger partial charge in [-0.1, -0.05) is 6.07 Å². The fourth-order valence-corrected chi connectivity index (χ4v) is 3.76. The summed E-state index contributed by atoms with van der Waals surface area (Å²) < 4.78 is 22.7. The van der Waals surface area contributed by atoms with Gasteiger partial charge in [0.05, 0.1) is 22.8 Å². The molecule has 0 bridgehead atoms. The number of rotatable bonds is 3. The number of carbonyl (C=O) groups excluding carboxylic acids is 1. The van der Waals surface area contributed by atoms with Gasteiger partial charge in [-0.05, 0) is 37.5 Å². The van der Waals surface area contributed by atoms with Crippen molar-refractivity contribution in [3.63, 3.8) is 0 Å². The van der Waals surface area contributed by atoms with Gasteiger partial charge in [-0.3, -0.25) is 10.6 Å². The standard InChI is InChI=1S/C13H19N3O3S/c1-9-2-3-11(12(8-9)16-14)13(17)15-10-4-6-20(18,19)7-5-10/h2-3,8,10,16H,4-7,14H2,1H3,(H,15,17). The van der Waals surface area contributed by atoms with Crippen molar-refractivity contribution >= 4 is 21.4 Å². The Morgan fingerprint density at radius 2 is 1.95 bits per heavy atom. The molecular formula is C13H19N3O3S. The number of amides is 1. The molecule has 1 heterocycles. The van der Waals surface area contributed by atoms with Crippen molar-refractivity contribution < 1.29 is 13.2 Å². The number of sulfone groups is 1.